The second kappa shape index (κ2) is 3.74. The van der Waals surface area contributed by atoms with Gasteiger partial charge in [0, 0.05) is 17.2 Å². The van der Waals surface area contributed by atoms with E-state index in [1.54, 1.807) is 0 Å². The van der Waals surface area contributed by atoms with Crippen LogP contribution < -0.4 is 5.73 Å². The predicted octanol–water partition coefficient (Wildman–Crippen LogP) is 2.00. The van der Waals surface area contributed by atoms with Crippen molar-refractivity contribution in [2.75, 3.05) is 0 Å². The molecule has 0 saturated carbocycles. The molecule has 0 unspecified atom stereocenters. The number of ketones is 1. The molecule has 2 N–H and O–H groups in total. The van der Waals surface area contributed by atoms with Gasteiger partial charge in [-0.1, -0.05) is 13.8 Å². The van der Waals surface area contributed by atoms with Crippen LogP contribution in [0.15, 0.2) is 11.3 Å². The van der Waals surface area contributed by atoms with Gasteiger partial charge in [-0.25, -0.2) is 0 Å². The van der Waals surface area contributed by atoms with Crippen molar-refractivity contribution in [3.8, 4) is 0 Å². The Labute approximate surface area is 73.8 Å². The van der Waals surface area contributed by atoms with Crippen molar-refractivity contribution in [3.63, 3.8) is 0 Å². The summed E-state index contributed by atoms with van der Waals surface area (Å²) in [5.74, 6) is 0.337. The molecule has 0 aromatic carbocycles. The van der Waals surface area contributed by atoms with E-state index in [4.69, 9.17) is 5.73 Å². The van der Waals surface area contributed by atoms with E-state index in [0.29, 0.717) is 0 Å². The van der Waals surface area contributed by atoms with Crippen molar-refractivity contribution in [2.45, 2.75) is 39.5 Å². The van der Waals surface area contributed by atoms with Crippen LogP contribution in [0.25, 0.3) is 0 Å². The van der Waals surface area contributed by atoms with Gasteiger partial charge in [0.1, 0.15) is 0 Å². The summed E-state index contributed by atoms with van der Waals surface area (Å²) >= 11 is 0. The van der Waals surface area contributed by atoms with Crippen LogP contribution in [0.4, 0.5) is 0 Å². The molecule has 1 aliphatic carbocycles. The lowest BCUT2D eigenvalue weighted by atomic mass is 9.89. The van der Waals surface area contributed by atoms with Crippen LogP contribution in [-0.2, 0) is 4.79 Å². The van der Waals surface area contributed by atoms with Crippen LogP contribution in [-0.4, -0.2) is 5.78 Å². The zero-order chi connectivity index (χ0) is 9.14. The molecule has 1 aliphatic rings. The van der Waals surface area contributed by atoms with Gasteiger partial charge in [-0.2, -0.15) is 0 Å². The summed E-state index contributed by atoms with van der Waals surface area (Å²) in [7, 11) is 0. The van der Waals surface area contributed by atoms with Gasteiger partial charge in [0.25, 0.3) is 0 Å². The van der Waals surface area contributed by atoms with Gasteiger partial charge in [0.05, 0.1) is 0 Å². The fraction of sp³-hybridized carbons (Fsp3) is 0.700. The standard InChI is InChI=1S/C10H17NO/c1-7(2)10(12)8-5-3-4-6-9(8)11/h7H,3-6,11H2,1-2H3. The van der Waals surface area contributed by atoms with E-state index >= 15 is 0 Å². The number of hydrogen-bond donors (Lipinski definition) is 1. The minimum atomic E-state index is 0.0941. The molecule has 0 atom stereocenters. The van der Waals surface area contributed by atoms with Gasteiger partial charge in [0.15, 0.2) is 5.78 Å². The quantitative estimate of drug-likeness (QED) is 0.683. The average Bonchev–Trinajstić information content (AvgIpc) is 2.04. The van der Waals surface area contributed by atoms with Crippen LogP contribution in [0.1, 0.15) is 39.5 Å². The van der Waals surface area contributed by atoms with E-state index in [-0.39, 0.29) is 11.7 Å². The maximum absolute atomic E-state index is 11.6. The van der Waals surface area contributed by atoms with Gasteiger partial charge in [-0.05, 0) is 25.7 Å². The Kier molecular flexibility index (Phi) is 2.90. The summed E-state index contributed by atoms with van der Waals surface area (Å²) in [6, 6.07) is 0. The minimum Gasteiger partial charge on any atom is -0.402 e. The monoisotopic (exact) mass is 167 g/mol. The number of carbonyl (C=O) groups is 1. The molecule has 0 amide bonds. The lowest BCUT2D eigenvalue weighted by Crippen LogP contribution is -2.18. The molecule has 12 heavy (non-hydrogen) atoms. The third-order valence-electron chi connectivity index (χ3n) is 2.33. The first-order valence-electron chi connectivity index (χ1n) is 4.64. The Hall–Kier alpha value is -0.790. The molecule has 0 aromatic rings. The molecule has 0 bridgehead atoms. The van der Waals surface area contributed by atoms with Crippen LogP contribution >= 0.6 is 0 Å². The maximum Gasteiger partial charge on any atom is 0.163 e. The number of rotatable bonds is 2. The highest BCUT2D eigenvalue weighted by Gasteiger charge is 2.19. The topological polar surface area (TPSA) is 43.1 Å². The highest BCUT2D eigenvalue weighted by Crippen LogP contribution is 2.23. The molecule has 2 nitrogen and oxygen atoms in total. The van der Waals surface area contributed by atoms with Crippen LogP contribution in [0.2, 0.25) is 0 Å². The summed E-state index contributed by atoms with van der Waals surface area (Å²) < 4.78 is 0. The Morgan fingerprint density at radius 3 is 2.42 bits per heavy atom. The van der Waals surface area contributed by atoms with Crippen LogP contribution in [0.5, 0.6) is 0 Å². The fourth-order valence-electron chi connectivity index (χ4n) is 1.56. The first-order valence-corrected chi connectivity index (χ1v) is 4.64. The number of Topliss-reactive ketones (excluding diaryl/α,β-unsaturated/α-hetero) is 1. The highest BCUT2D eigenvalue weighted by atomic mass is 16.1. The molecule has 1 rings (SSSR count). The van der Waals surface area contributed by atoms with E-state index in [1.807, 2.05) is 13.8 Å². The normalized spacial score (nSPS) is 18.6. The highest BCUT2D eigenvalue weighted by molar-refractivity contribution is 5.97. The zero-order valence-electron chi connectivity index (χ0n) is 7.89. The third kappa shape index (κ3) is 1.87. The molecular weight excluding hydrogens is 150 g/mol. The summed E-state index contributed by atoms with van der Waals surface area (Å²) in [4.78, 5) is 11.6. The van der Waals surface area contributed by atoms with Gasteiger partial charge < -0.3 is 5.73 Å². The van der Waals surface area contributed by atoms with Gasteiger partial charge in [-0.3, -0.25) is 4.79 Å². The third-order valence-corrected chi connectivity index (χ3v) is 2.33. The molecule has 0 heterocycles. The SMILES string of the molecule is CC(C)C(=O)C1=C(N)CCCC1. The Morgan fingerprint density at radius 2 is 1.92 bits per heavy atom. The second-order valence-electron chi connectivity index (χ2n) is 3.73. The zero-order valence-corrected chi connectivity index (χ0v) is 7.89. The van der Waals surface area contributed by atoms with Crippen LogP contribution in [0, 0.1) is 5.92 Å². The largest absolute Gasteiger partial charge is 0.402 e. The molecule has 2 heteroatoms. The fourth-order valence-corrected chi connectivity index (χ4v) is 1.56. The lowest BCUT2D eigenvalue weighted by molar-refractivity contribution is -0.118. The second-order valence-corrected chi connectivity index (χ2v) is 3.73. The van der Waals surface area contributed by atoms with E-state index in [2.05, 4.69) is 0 Å². The summed E-state index contributed by atoms with van der Waals surface area (Å²) in [6.45, 7) is 3.86. The summed E-state index contributed by atoms with van der Waals surface area (Å²) in [6.07, 6.45) is 4.06. The molecule has 0 aromatic heterocycles. The van der Waals surface area contributed by atoms with Crippen molar-refractivity contribution in [1.82, 2.24) is 0 Å². The van der Waals surface area contributed by atoms with Gasteiger partial charge in [-0.15, -0.1) is 0 Å². The summed E-state index contributed by atoms with van der Waals surface area (Å²) in [5, 5.41) is 0. The van der Waals surface area contributed by atoms with E-state index in [9.17, 15) is 4.79 Å². The van der Waals surface area contributed by atoms with E-state index < -0.39 is 0 Å². The van der Waals surface area contributed by atoms with Crippen molar-refractivity contribution in [2.24, 2.45) is 11.7 Å². The lowest BCUT2D eigenvalue weighted by Gasteiger charge is -2.17. The van der Waals surface area contributed by atoms with Crippen molar-refractivity contribution in [3.05, 3.63) is 11.3 Å². The van der Waals surface area contributed by atoms with E-state index in [0.717, 1.165) is 37.0 Å². The molecule has 0 fully saturated rings. The van der Waals surface area contributed by atoms with E-state index in [1.165, 1.54) is 0 Å². The van der Waals surface area contributed by atoms with Crippen molar-refractivity contribution < 1.29 is 4.79 Å². The maximum atomic E-state index is 11.6. The molecule has 0 radical (unpaired) electrons. The number of carbonyl (C=O) groups excluding carboxylic acids is 1. The first kappa shape index (κ1) is 9.30. The molecule has 0 spiro atoms. The Bertz CT molecular complexity index is 216. The predicted molar refractivity (Wildman–Crippen MR) is 49.5 cm³/mol. The number of hydrogen-bond acceptors (Lipinski definition) is 2. The Balaban J connectivity index is 2.78. The smallest absolute Gasteiger partial charge is 0.163 e. The number of nitrogens with two attached hydrogens (primary N) is 1. The Morgan fingerprint density at radius 1 is 1.33 bits per heavy atom. The van der Waals surface area contributed by atoms with Gasteiger partial charge >= 0.3 is 0 Å². The molecule has 0 aliphatic heterocycles. The molecule has 0 saturated heterocycles. The average molecular weight is 167 g/mol. The first-order chi connectivity index (χ1) is 5.63. The summed E-state index contributed by atoms with van der Waals surface area (Å²) in [5.41, 5.74) is 7.51. The van der Waals surface area contributed by atoms with Gasteiger partial charge in [0.2, 0.25) is 0 Å². The number of allylic oxidation sites excluding steroid dienone is 2. The van der Waals surface area contributed by atoms with Crippen LogP contribution in [0.3, 0.4) is 0 Å². The van der Waals surface area contributed by atoms with Crippen molar-refractivity contribution in [1.29, 1.82) is 0 Å². The minimum absolute atomic E-state index is 0.0941. The van der Waals surface area contributed by atoms with Crippen molar-refractivity contribution >= 4 is 5.78 Å². The molecule has 68 valence electrons. The molecular formula is C10H17NO.